The van der Waals surface area contributed by atoms with Crippen molar-refractivity contribution in [3.05, 3.63) is 48.4 Å². The Morgan fingerprint density at radius 3 is 3.00 bits per heavy atom. The molecule has 2 aliphatic rings. The second kappa shape index (κ2) is 7.45. The largest absolute Gasteiger partial charge is 0.381 e. The van der Waals surface area contributed by atoms with Crippen molar-refractivity contribution in [3.8, 4) is 17.2 Å². The number of methoxy groups -OCH3 is 1. The van der Waals surface area contributed by atoms with Crippen LogP contribution in [0.15, 0.2) is 42.9 Å². The van der Waals surface area contributed by atoms with Crippen LogP contribution in [0.5, 0.6) is 0 Å². The molecule has 5 rings (SSSR count). The Morgan fingerprint density at radius 1 is 1.40 bits per heavy atom. The molecule has 30 heavy (non-hydrogen) atoms. The third kappa shape index (κ3) is 3.07. The van der Waals surface area contributed by atoms with Gasteiger partial charge in [-0.15, -0.1) is 0 Å². The number of nitrogens with two attached hydrogens (primary N) is 1. The van der Waals surface area contributed by atoms with Crippen LogP contribution in [0.3, 0.4) is 0 Å². The highest BCUT2D eigenvalue weighted by Crippen LogP contribution is 2.44. The van der Waals surface area contributed by atoms with E-state index in [0.717, 1.165) is 47.0 Å². The third-order valence-electron chi connectivity index (χ3n) is 6.53. The number of rotatable bonds is 5. The van der Waals surface area contributed by atoms with Crippen molar-refractivity contribution in [2.24, 2.45) is 5.73 Å². The molecule has 3 heterocycles. The number of ether oxygens (including phenoxy) is 1. The van der Waals surface area contributed by atoms with E-state index in [-0.39, 0.29) is 23.7 Å². The molecule has 2 fully saturated rings. The maximum Gasteiger partial charge on any atom is 0.0806 e. The van der Waals surface area contributed by atoms with E-state index in [1.54, 1.807) is 7.11 Å². The number of fused-ring (bicyclic) bond motifs is 1. The summed E-state index contributed by atoms with van der Waals surface area (Å²) >= 11 is 0. The molecule has 1 saturated carbocycles. The van der Waals surface area contributed by atoms with Crippen LogP contribution in [0.4, 0.5) is 0 Å². The highest BCUT2D eigenvalue weighted by atomic mass is 16.5. The normalized spacial score (nSPS) is 28.4. The predicted octanol–water partition coefficient (Wildman–Crippen LogP) is 1.99. The van der Waals surface area contributed by atoms with Gasteiger partial charge in [0.05, 0.1) is 42.0 Å². The van der Waals surface area contributed by atoms with E-state index in [1.165, 1.54) is 0 Å². The van der Waals surface area contributed by atoms with Crippen LogP contribution in [0.2, 0.25) is 0 Å². The number of aromatic nitrogens is 3. The lowest BCUT2D eigenvalue weighted by Gasteiger charge is -2.45. The predicted molar refractivity (Wildman–Crippen MR) is 113 cm³/mol. The summed E-state index contributed by atoms with van der Waals surface area (Å²) in [7, 11) is 1.72. The van der Waals surface area contributed by atoms with Crippen molar-refractivity contribution in [1.29, 1.82) is 5.26 Å². The van der Waals surface area contributed by atoms with E-state index in [1.807, 2.05) is 23.1 Å². The number of nitrogens with one attached hydrogen (secondary N) is 2. The summed E-state index contributed by atoms with van der Waals surface area (Å²) in [4.78, 5) is 4.59. The van der Waals surface area contributed by atoms with Gasteiger partial charge in [0.25, 0.3) is 0 Å². The number of hydrogen-bond donors (Lipinski definition) is 3. The first-order chi connectivity index (χ1) is 14.6. The van der Waals surface area contributed by atoms with Crippen LogP contribution in [0, 0.1) is 11.3 Å². The number of nitriles is 1. The molecule has 154 valence electrons. The summed E-state index contributed by atoms with van der Waals surface area (Å²) in [5.41, 5.74) is 16.3. The molecule has 2 aromatic heterocycles. The molecule has 3 aromatic rings. The zero-order valence-corrected chi connectivity index (χ0v) is 16.9. The molecule has 1 aliphatic heterocycles. The lowest BCUT2D eigenvalue weighted by molar-refractivity contribution is -0.0542. The van der Waals surface area contributed by atoms with Gasteiger partial charge >= 0.3 is 0 Å². The van der Waals surface area contributed by atoms with Gasteiger partial charge in [-0.2, -0.15) is 10.4 Å². The highest BCUT2D eigenvalue weighted by Gasteiger charge is 2.47. The first kappa shape index (κ1) is 19.2. The summed E-state index contributed by atoms with van der Waals surface area (Å²) in [5, 5.41) is 15.1. The average Bonchev–Trinajstić information content (AvgIpc) is 3.39. The Morgan fingerprint density at radius 2 is 2.27 bits per heavy atom. The van der Waals surface area contributed by atoms with Crippen molar-refractivity contribution in [2.75, 3.05) is 13.7 Å². The molecule has 0 radical (unpaired) electrons. The summed E-state index contributed by atoms with van der Waals surface area (Å²) in [6.07, 6.45) is 7.81. The van der Waals surface area contributed by atoms with Gasteiger partial charge < -0.3 is 10.5 Å². The van der Waals surface area contributed by atoms with E-state index in [9.17, 15) is 5.26 Å². The quantitative estimate of drug-likeness (QED) is 0.597. The van der Waals surface area contributed by atoms with Crippen molar-refractivity contribution < 1.29 is 4.74 Å². The van der Waals surface area contributed by atoms with Gasteiger partial charge in [0.15, 0.2) is 0 Å². The Hall–Kier alpha value is -2.83. The molecule has 1 saturated heterocycles. The maximum atomic E-state index is 9.37. The van der Waals surface area contributed by atoms with E-state index < -0.39 is 0 Å². The van der Waals surface area contributed by atoms with Gasteiger partial charge in [0.2, 0.25) is 0 Å². The smallest absolute Gasteiger partial charge is 0.0806 e. The molecule has 2 atom stereocenters. The fourth-order valence-electron chi connectivity index (χ4n) is 4.73. The minimum Gasteiger partial charge on any atom is -0.381 e. The molecule has 8 heteroatoms. The van der Waals surface area contributed by atoms with Crippen LogP contribution in [-0.4, -0.2) is 40.7 Å². The number of pyridine rings is 1. The Labute approximate surface area is 175 Å². The van der Waals surface area contributed by atoms with E-state index in [4.69, 9.17) is 10.5 Å². The van der Waals surface area contributed by atoms with Crippen LogP contribution in [-0.2, 0) is 10.3 Å². The van der Waals surface area contributed by atoms with Crippen LogP contribution >= 0.6 is 0 Å². The SMILES string of the molecule is COC1CC(CC#N)(n2cc(-c3cc(C4CNNC4N)cc4ncccc34)cn2)C1. The summed E-state index contributed by atoms with van der Waals surface area (Å²) < 4.78 is 7.42. The molecular weight excluding hydrogens is 378 g/mol. The summed E-state index contributed by atoms with van der Waals surface area (Å²) in [6, 6.07) is 10.7. The maximum absolute atomic E-state index is 9.37. The van der Waals surface area contributed by atoms with E-state index in [0.29, 0.717) is 6.42 Å². The lowest BCUT2D eigenvalue weighted by Crippen LogP contribution is -2.50. The Bertz CT molecular complexity index is 1110. The van der Waals surface area contributed by atoms with Crippen LogP contribution < -0.4 is 16.6 Å². The molecular formula is C22H25N7O. The Kier molecular flexibility index (Phi) is 4.76. The Balaban J connectivity index is 1.57. The summed E-state index contributed by atoms with van der Waals surface area (Å²) in [5.74, 6) is 0.157. The molecule has 8 nitrogen and oxygen atoms in total. The number of benzene rings is 1. The second-order valence-corrected chi connectivity index (χ2v) is 8.29. The fraction of sp³-hybridized carbons (Fsp3) is 0.409. The van der Waals surface area contributed by atoms with Gasteiger partial charge in [-0.25, -0.2) is 5.43 Å². The average molecular weight is 403 g/mol. The molecule has 0 spiro atoms. The van der Waals surface area contributed by atoms with Crippen LogP contribution in [0.1, 0.15) is 30.7 Å². The van der Waals surface area contributed by atoms with Crippen molar-refractivity contribution in [3.63, 3.8) is 0 Å². The zero-order valence-electron chi connectivity index (χ0n) is 16.9. The molecule has 0 amide bonds. The molecule has 0 bridgehead atoms. The van der Waals surface area contributed by atoms with E-state index in [2.05, 4.69) is 51.4 Å². The first-order valence-corrected chi connectivity index (χ1v) is 10.2. The topological polar surface area (TPSA) is 114 Å². The van der Waals surface area contributed by atoms with Crippen molar-refractivity contribution in [2.45, 2.75) is 43.0 Å². The number of hydrogen-bond acceptors (Lipinski definition) is 7. The van der Waals surface area contributed by atoms with Crippen molar-refractivity contribution in [1.82, 2.24) is 25.6 Å². The van der Waals surface area contributed by atoms with Crippen molar-refractivity contribution >= 4 is 10.9 Å². The van der Waals surface area contributed by atoms with Gasteiger partial charge in [0.1, 0.15) is 0 Å². The lowest BCUT2D eigenvalue weighted by atomic mass is 9.72. The molecule has 1 aliphatic carbocycles. The minimum absolute atomic E-state index is 0.151. The standard InChI is InChI=1S/C22H25N7O/c1-30-16-9-22(10-16,4-5-23)29-13-15(11-27-29)18-7-14(19-12-26-28-21(19)24)8-20-17(18)3-2-6-25-20/h2-3,6-8,11,13,16,19,21,26,28H,4,9-10,12,24H2,1H3. The molecule has 4 N–H and O–H groups in total. The first-order valence-electron chi connectivity index (χ1n) is 10.2. The van der Waals surface area contributed by atoms with Gasteiger partial charge in [-0.05, 0) is 42.2 Å². The third-order valence-corrected chi connectivity index (χ3v) is 6.53. The number of hydrazine groups is 1. The fourth-order valence-corrected chi connectivity index (χ4v) is 4.73. The monoisotopic (exact) mass is 403 g/mol. The van der Waals surface area contributed by atoms with Gasteiger partial charge in [0, 0.05) is 42.9 Å². The number of nitrogens with zero attached hydrogens (tertiary/aromatic N) is 4. The minimum atomic E-state index is -0.291. The van der Waals surface area contributed by atoms with E-state index >= 15 is 0 Å². The van der Waals surface area contributed by atoms with Crippen LogP contribution in [0.25, 0.3) is 22.0 Å². The zero-order chi connectivity index (χ0) is 20.7. The highest BCUT2D eigenvalue weighted by molar-refractivity contribution is 5.95. The summed E-state index contributed by atoms with van der Waals surface area (Å²) in [6.45, 7) is 0.766. The molecule has 2 unspecified atom stereocenters. The van der Waals surface area contributed by atoms with Gasteiger partial charge in [-0.1, -0.05) is 6.07 Å². The molecule has 1 aromatic carbocycles. The second-order valence-electron chi connectivity index (χ2n) is 8.29. The van der Waals surface area contributed by atoms with Gasteiger partial charge in [-0.3, -0.25) is 15.1 Å².